The van der Waals surface area contributed by atoms with Gasteiger partial charge in [-0.25, -0.2) is 8.42 Å². The molecule has 0 bridgehead atoms. The fourth-order valence-electron chi connectivity index (χ4n) is 3.72. The fraction of sp³-hybridized carbons (Fsp3) is 0.440. The third kappa shape index (κ3) is 8.70. The number of carbonyl (C=O) groups excluding carboxylic acids is 2. The van der Waals surface area contributed by atoms with Crippen molar-refractivity contribution in [2.75, 3.05) is 17.1 Å². The normalized spacial score (nSPS) is 12.3. The summed E-state index contributed by atoms with van der Waals surface area (Å²) in [5.74, 6) is -0.484. The lowest BCUT2D eigenvalue weighted by Gasteiger charge is -2.32. The molecule has 0 saturated heterocycles. The number of rotatable bonds is 12. The van der Waals surface area contributed by atoms with E-state index in [9.17, 15) is 18.0 Å². The lowest BCUT2D eigenvalue weighted by Crippen LogP contribution is -2.50. The van der Waals surface area contributed by atoms with Gasteiger partial charge in [-0.2, -0.15) is 0 Å². The van der Waals surface area contributed by atoms with Crippen LogP contribution >= 0.6 is 23.2 Å². The topological polar surface area (TPSA) is 86.8 Å². The molecule has 1 N–H and O–H groups in total. The highest BCUT2D eigenvalue weighted by Crippen LogP contribution is 2.23. The Hall–Kier alpha value is -2.29. The number of anilines is 1. The minimum atomic E-state index is -3.57. The van der Waals surface area contributed by atoms with E-state index in [1.54, 1.807) is 36.4 Å². The molecular weight excluding hydrogens is 509 g/mol. The van der Waals surface area contributed by atoms with Crippen molar-refractivity contribution in [2.45, 2.75) is 58.7 Å². The minimum absolute atomic E-state index is 0.0650. The molecule has 0 unspecified atom stereocenters. The SMILES string of the molecule is CC[C@@H](C(=O)NC(C)C)N(Cc1ccccc1Cl)C(=O)CCCN(c1ccc(Cl)cc1)S(C)(=O)=O. The van der Waals surface area contributed by atoms with Gasteiger partial charge in [-0.3, -0.25) is 13.9 Å². The predicted molar refractivity (Wildman–Crippen MR) is 142 cm³/mol. The van der Waals surface area contributed by atoms with Crippen molar-refractivity contribution in [2.24, 2.45) is 0 Å². The first-order chi connectivity index (χ1) is 16.4. The maximum absolute atomic E-state index is 13.4. The van der Waals surface area contributed by atoms with Crippen molar-refractivity contribution in [1.82, 2.24) is 10.2 Å². The van der Waals surface area contributed by atoms with E-state index in [2.05, 4.69) is 5.32 Å². The smallest absolute Gasteiger partial charge is 0.243 e. The van der Waals surface area contributed by atoms with Crippen molar-refractivity contribution in [1.29, 1.82) is 0 Å². The third-order valence-electron chi connectivity index (χ3n) is 5.38. The van der Waals surface area contributed by atoms with Crippen LogP contribution in [0.15, 0.2) is 48.5 Å². The average molecular weight is 543 g/mol. The molecule has 35 heavy (non-hydrogen) atoms. The van der Waals surface area contributed by atoms with Crippen LogP contribution in [0.4, 0.5) is 5.69 Å². The zero-order valence-electron chi connectivity index (χ0n) is 20.5. The number of amides is 2. The number of hydrogen-bond acceptors (Lipinski definition) is 4. The molecule has 10 heteroatoms. The summed E-state index contributed by atoms with van der Waals surface area (Å²) in [7, 11) is -3.57. The first-order valence-electron chi connectivity index (χ1n) is 11.5. The molecule has 0 fully saturated rings. The van der Waals surface area contributed by atoms with E-state index in [4.69, 9.17) is 23.2 Å². The van der Waals surface area contributed by atoms with E-state index in [-0.39, 0.29) is 43.8 Å². The second kappa shape index (κ2) is 13.1. The van der Waals surface area contributed by atoms with Crippen LogP contribution in [-0.4, -0.2) is 50.0 Å². The third-order valence-corrected chi connectivity index (χ3v) is 7.20. The molecule has 1 atom stereocenters. The van der Waals surface area contributed by atoms with Gasteiger partial charge in [0, 0.05) is 35.6 Å². The predicted octanol–water partition coefficient (Wildman–Crippen LogP) is 4.87. The van der Waals surface area contributed by atoms with Crippen LogP contribution in [0.3, 0.4) is 0 Å². The summed E-state index contributed by atoms with van der Waals surface area (Å²) >= 11 is 12.3. The molecule has 0 saturated carbocycles. The summed E-state index contributed by atoms with van der Waals surface area (Å²) in [6, 6.07) is 12.9. The van der Waals surface area contributed by atoms with Crippen molar-refractivity contribution in [3.05, 3.63) is 64.1 Å². The quantitative estimate of drug-likeness (QED) is 0.415. The maximum Gasteiger partial charge on any atom is 0.243 e. The van der Waals surface area contributed by atoms with E-state index in [0.717, 1.165) is 11.8 Å². The molecule has 0 aromatic heterocycles. The highest BCUT2D eigenvalue weighted by atomic mass is 35.5. The largest absolute Gasteiger partial charge is 0.352 e. The van der Waals surface area contributed by atoms with E-state index >= 15 is 0 Å². The molecule has 2 amide bonds. The van der Waals surface area contributed by atoms with Gasteiger partial charge in [0.25, 0.3) is 0 Å². The van der Waals surface area contributed by atoms with Crippen LogP contribution in [0.25, 0.3) is 0 Å². The first-order valence-corrected chi connectivity index (χ1v) is 14.1. The number of benzene rings is 2. The Morgan fingerprint density at radius 2 is 1.66 bits per heavy atom. The van der Waals surface area contributed by atoms with E-state index in [1.807, 2.05) is 32.9 Å². The zero-order chi connectivity index (χ0) is 26.2. The van der Waals surface area contributed by atoms with Gasteiger partial charge in [-0.05, 0) is 62.6 Å². The summed E-state index contributed by atoms with van der Waals surface area (Å²) in [5, 5.41) is 3.89. The molecule has 192 valence electrons. The number of halogens is 2. The van der Waals surface area contributed by atoms with E-state index < -0.39 is 16.1 Å². The van der Waals surface area contributed by atoms with Crippen LogP contribution in [0.5, 0.6) is 0 Å². The van der Waals surface area contributed by atoms with Gasteiger partial charge in [0.2, 0.25) is 21.8 Å². The fourth-order valence-corrected chi connectivity index (χ4v) is 5.01. The molecule has 0 aliphatic carbocycles. The first kappa shape index (κ1) is 28.9. The van der Waals surface area contributed by atoms with Gasteiger partial charge in [0.05, 0.1) is 11.9 Å². The Morgan fingerprint density at radius 3 is 2.20 bits per heavy atom. The zero-order valence-corrected chi connectivity index (χ0v) is 22.8. The molecule has 2 aromatic carbocycles. The number of carbonyl (C=O) groups is 2. The van der Waals surface area contributed by atoms with Gasteiger partial charge in [-0.1, -0.05) is 48.3 Å². The Balaban J connectivity index is 2.22. The Labute approximate surface area is 218 Å². The van der Waals surface area contributed by atoms with E-state index in [0.29, 0.717) is 22.2 Å². The number of sulfonamides is 1. The highest BCUT2D eigenvalue weighted by Gasteiger charge is 2.29. The van der Waals surface area contributed by atoms with Crippen LogP contribution < -0.4 is 9.62 Å². The Kier molecular flexibility index (Phi) is 10.9. The van der Waals surface area contributed by atoms with Gasteiger partial charge < -0.3 is 10.2 Å². The molecule has 0 heterocycles. The number of hydrogen-bond donors (Lipinski definition) is 1. The molecule has 7 nitrogen and oxygen atoms in total. The van der Waals surface area contributed by atoms with Crippen LogP contribution in [0, 0.1) is 0 Å². The lowest BCUT2D eigenvalue weighted by molar-refractivity contribution is -0.141. The average Bonchev–Trinajstić information content (AvgIpc) is 2.77. The monoisotopic (exact) mass is 541 g/mol. The highest BCUT2D eigenvalue weighted by molar-refractivity contribution is 7.92. The van der Waals surface area contributed by atoms with Crippen LogP contribution in [-0.2, 0) is 26.2 Å². The molecule has 2 aromatic rings. The van der Waals surface area contributed by atoms with E-state index in [1.165, 1.54) is 9.21 Å². The van der Waals surface area contributed by atoms with Gasteiger partial charge in [0.1, 0.15) is 6.04 Å². The van der Waals surface area contributed by atoms with Crippen molar-refractivity contribution >= 4 is 50.7 Å². The minimum Gasteiger partial charge on any atom is -0.352 e. The molecule has 0 radical (unpaired) electrons. The second-order valence-electron chi connectivity index (χ2n) is 8.62. The lowest BCUT2D eigenvalue weighted by atomic mass is 10.1. The maximum atomic E-state index is 13.4. The standard InChI is InChI=1S/C25H33Cl2N3O4S/c1-5-23(25(32)28-18(2)3)29(17-19-9-6-7-10-22(19)27)24(31)11-8-16-30(35(4,33)34)21-14-12-20(26)13-15-21/h6-7,9-10,12-15,18,23H,5,8,11,16-17H2,1-4H3,(H,28,32)/t23-/m0/s1. The Morgan fingerprint density at radius 1 is 1.03 bits per heavy atom. The van der Waals surface area contributed by atoms with Crippen molar-refractivity contribution in [3.8, 4) is 0 Å². The van der Waals surface area contributed by atoms with Gasteiger partial charge >= 0.3 is 0 Å². The summed E-state index contributed by atoms with van der Waals surface area (Å²) in [6.07, 6.45) is 1.89. The van der Waals surface area contributed by atoms with Crippen molar-refractivity contribution in [3.63, 3.8) is 0 Å². The van der Waals surface area contributed by atoms with Crippen LogP contribution in [0.2, 0.25) is 10.0 Å². The molecular formula is C25H33Cl2N3O4S. The van der Waals surface area contributed by atoms with Crippen molar-refractivity contribution < 1.29 is 18.0 Å². The second-order valence-corrected chi connectivity index (χ2v) is 11.4. The van der Waals surface area contributed by atoms with Gasteiger partial charge in [0.15, 0.2) is 0 Å². The molecule has 0 spiro atoms. The summed E-state index contributed by atoms with van der Waals surface area (Å²) < 4.78 is 26.0. The number of nitrogens with one attached hydrogen (secondary N) is 1. The molecule has 0 aliphatic rings. The molecule has 0 aliphatic heterocycles. The summed E-state index contributed by atoms with van der Waals surface area (Å²) in [6.45, 7) is 5.86. The van der Waals surface area contributed by atoms with Gasteiger partial charge in [-0.15, -0.1) is 0 Å². The number of nitrogens with zero attached hydrogens (tertiary/aromatic N) is 2. The summed E-state index contributed by atoms with van der Waals surface area (Å²) in [5.41, 5.74) is 1.21. The van der Waals surface area contributed by atoms with Crippen LogP contribution in [0.1, 0.15) is 45.6 Å². The summed E-state index contributed by atoms with van der Waals surface area (Å²) in [4.78, 5) is 27.8. The molecule has 2 rings (SSSR count). The Bertz CT molecular complexity index is 1110.